The van der Waals surface area contributed by atoms with Gasteiger partial charge in [0.1, 0.15) is 18.1 Å². The van der Waals surface area contributed by atoms with Gasteiger partial charge >= 0.3 is 0 Å². The molecule has 0 heterocycles. The van der Waals surface area contributed by atoms with E-state index in [-0.39, 0.29) is 54.9 Å². The van der Waals surface area contributed by atoms with E-state index in [0.29, 0.717) is 12.8 Å². The molecule has 0 spiro atoms. The highest BCUT2D eigenvalue weighted by Crippen LogP contribution is 2.15. The summed E-state index contributed by atoms with van der Waals surface area (Å²) in [6, 6.07) is 15.0. The zero-order valence-corrected chi connectivity index (χ0v) is 32.4. The van der Waals surface area contributed by atoms with Gasteiger partial charge in [-0.3, -0.25) is 24.0 Å². The molecular formula is C41H63N5O6. The Morgan fingerprint density at radius 2 is 1.17 bits per heavy atom. The minimum Gasteiger partial charge on any atom is -0.390 e. The van der Waals surface area contributed by atoms with E-state index in [1.165, 1.54) is 0 Å². The summed E-state index contributed by atoms with van der Waals surface area (Å²) in [5.74, 6) is -2.48. The standard InChI is InChI=1S/C41H63N5O6/c1-9-28(8)38(41(52)42-31(10-2)11-3)45-36(49)25-34(47)32(23-29-18-14-12-15-19-29)44-40(51)37(27(6)7)46-39(50)33(22-26(4)5)43-35(48)24-30-20-16-13-17-21-30/h12-21,26-28,31-34,37-38,47H,9-11,22-25H2,1-8H3,(H,42,52)(H,43,48)(H,44,51)(H,45,49)(H,46,50)/t28-,32-,33-,34-,37?,38-/m0/s1. The lowest BCUT2D eigenvalue weighted by Crippen LogP contribution is -2.58. The molecule has 288 valence electrons. The van der Waals surface area contributed by atoms with Crippen molar-refractivity contribution < 1.29 is 29.1 Å². The van der Waals surface area contributed by atoms with E-state index in [4.69, 9.17) is 0 Å². The number of aliphatic hydroxyl groups excluding tert-OH is 1. The van der Waals surface area contributed by atoms with Crippen molar-refractivity contribution in [2.75, 3.05) is 0 Å². The van der Waals surface area contributed by atoms with Gasteiger partial charge in [-0.1, -0.05) is 122 Å². The first-order chi connectivity index (χ1) is 24.7. The highest BCUT2D eigenvalue weighted by Gasteiger charge is 2.33. The summed E-state index contributed by atoms with van der Waals surface area (Å²) < 4.78 is 0. The third-order valence-electron chi connectivity index (χ3n) is 9.44. The first-order valence-electron chi connectivity index (χ1n) is 18.9. The lowest BCUT2D eigenvalue weighted by atomic mass is 9.95. The maximum absolute atomic E-state index is 13.9. The summed E-state index contributed by atoms with van der Waals surface area (Å²) in [7, 11) is 0. The second-order valence-corrected chi connectivity index (χ2v) is 14.7. The molecule has 2 aromatic rings. The largest absolute Gasteiger partial charge is 0.390 e. The normalized spacial score (nSPS) is 14.8. The number of hydrogen-bond donors (Lipinski definition) is 6. The maximum Gasteiger partial charge on any atom is 0.243 e. The highest BCUT2D eigenvalue weighted by molar-refractivity contribution is 5.93. The van der Waals surface area contributed by atoms with Crippen molar-refractivity contribution in [2.45, 2.75) is 137 Å². The van der Waals surface area contributed by atoms with Crippen LogP contribution in [0.4, 0.5) is 0 Å². The van der Waals surface area contributed by atoms with Crippen molar-refractivity contribution in [1.29, 1.82) is 0 Å². The van der Waals surface area contributed by atoms with Crippen molar-refractivity contribution >= 4 is 29.5 Å². The van der Waals surface area contributed by atoms with Gasteiger partial charge in [0, 0.05) is 6.04 Å². The first-order valence-corrected chi connectivity index (χ1v) is 18.9. The van der Waals surface area contributed by atoms with Gasteiger partial charge in [-0.2, -0.15) is 0 Å². The molecule has 0 aliphatic heterocycles. The monoisotopic (exact) mass is 721 g/mol. The van der Waals surface area contributed by atoms with E-state index in [2.05, 4.69) is 26.6 Å². The third-order valence-corrected chi connectivity index (χ3v) is 9.44. The van der Waals surface area contributed by atoms with Gasteiger partial charge in [0.2, 0.25) is 29.5 Å². The minimum absolute atomic E-state index is 0.00683. The molecule has 0 saturated carbocycles. The van der Waals surface area contributed by atoms with Gasteiger partial charge in [0.25, 0.3) is 0 Å². The van der Waals surface area contributed by atoms with E-state index in [9.17, 15) is 29.1 Å². The number of benzene rings is 2. The van der Waals surface area contributed by atoms with Crippen LogP contribution in [0.1, 0.15) is 98.6 Å². The Morgan fingerprint density at radius 1 is 0.615 bits per heavy atom. The Bertz CT molecular complexity index is 1400. The molecule has 11 heteroatoms. The molecule has 11 nitrogen and oxygen atoms in total. The molecule has 6 N–H and O–H groups in total. The molecule has 0 fully saturated rings. The number of amides is 5. The molecule has 2 rings (SSSR count). The van der Waals surface area contributed by atoms with Gasteiger partial charge < -0.3 is 31.7 Å². The highest BCUT2D eigenvalue weighted by atomic mass is 16.3. The summed E-state index contributed by atoms with van der Waals surface area (Å²) in [5.41, 5.74) is 1.65. The number of aliphatic hydroxyl groups is 1. The molecule has 6 atom stereocenters. The van der Waals surface area contributed by atoms with Crippen LogP contribution in [0.15, 0.2) is 60.7 Å². The second-order valence-electron chi connectivity index (χ2n) is 14.7. The van der Waals surface area contributed by atoms with E-state index < -0.39 is 48.0 Å². The Balaban J connectivity index is 2.23. The lowest BCUT2D eigenvalue weighted by molar-refractivity contribution is -0.134. The van der Waals surface area contributed by atoms with Crippen LogP contribution in [-0.4, -0.2) is 71.0 Å². The molecule has 1 unspecified atom stereocenters. The predicted octanol–water partition coefficient (Wildman–Crippen LogP) is 4.22. The quantitative estimate of drug-likeness (QED) is 0.107. The molecule has 0 aromatic heterocycles. The maximum atomic E-state index is 13.9. The number of nitrogens with one attached hydrogen (secondary N) is 5. The fourth-order valence-electron chi connectivity index (χ4n) is 5.99. The summed E-state index contributed by atoms with van der Waals surface area (Å²) >= 11 is 0. The van der Waals surface area contributed by atoms with Crippen LogP contribution in [0, 0.1) is 17.8 Å². The van der Waals surface area contributed by atoms with Crippen LogP contribution in [0.5, 0.6) is 0 Å². The SMILES string of the molecule is CCC(CC)NC(=O)[C@@H](NC(=O)C[C@H](O)[C@H](Cc1ccccc1)NC(=O)C(NC(=O)[C@H](CC(C)C)NC(=O)Cc1ccccc1)C(C)C)[C@@H](C)CC. The van der Waals surface area contributed by atoms with Gasteiger partial charge in [0.15, 0.2) is 0 Å². The third kappa shape index (κ3) is 15.2. The van der Waals surface area contributed by atoms with E-state index in [0.717, 1.165) is 24.0 Å². The zero-order valence-electron chi connectivity index (χ0n) is 32.4. The second kappa shape index (κ2) is 22.6. The molecule has 0 radical (unpaired) electrons. The van der Waals surface area contributed by atoms with Gasteiger partial charge in [0.05, 0.1) is 25.0 Å². The van der Waals surface area contributed by atoms with Crippen molar-refractivity contribution in [3.05, 3.63) is 71.8 Å². The molecule has 0 aliphatic rings. The number of carbonyl (C=O) groups is 5. The Hall–Kier alpha value is -4.25. The first kappa shape index (κ1) is 43.9. The Morgan fingerprint density at radius 3 is 1.69 bits per heavy atom. The van der Waals surface area contributed by atoms with Crippen LogP contribution >= 0.6 is 0 Å². The minimum atomic E-state index is -1.31. The summed E-state index contributed by atoms with van der Waals surface area (Å²) in [6.45, 7) is 15.3. The molecule has 52 heavy (non-hydrogen) atoms. The van der Waals surface area contributed by atoms with Crippen LogP contribution in [-0.2, 0) is 36.8 Å². The smallest absolute Gasteiger partial charge is 0.243 e. The van der Waals surface area contributed by atoms with Crippen molar-refractivity contribution in [2.24, 2.45) is 17.8 Å². The molecule has 0 saturated heterocycles. The van der Waals surface area contributed by atoms with Gasteiger partial charge in [-0.15, -0.1) is 0 Å². The van der Waals surface area contributed by atoms with Crippen molar-refractivity contribution in [1.82, 2.24) is 26.6 Å². The zero-order chi connectivity index (χ0) is 38.8. The molecular weight excluding hydrogens is 658 g/mol. The van der Waals surface area contributed by atoms with Gasteiger partial charge in [-0.05, 0) is 54.6 Å². The Kier molecular flexibility index (Phi) is 19.1. The predicted molar refractivity (Wildman–Crippen MR) is 205 cm³/mol. The van der Waals surface area contributed by atoms with Gasteiger partial charge in [-0.25, -0.2) is 0 Å². The summed E-state index contributed by atoms with van der Waals surface area (Å²) in [6.07, 6.45) is 1.23. The van der Waals surface area contributed by atoms with Crippen LogP contribution < -0.4 is 26.6 Å². The average molecular weight is 722 g/mol. The van der Waals surface area contributed by atoms with E-state index in [1.54, 1.807) is 13.8 Å². The summed E-state index contributed by atoms with van der Waals surface area (Å²) in [4.78, 5) is 67.0. The lowest BCUT2D eigenvalue weighted by Gasteiger charge is -2.30. The number of rotatable bonds is 22. The number of carbonyl (C=O) groups excluding carboxylic acids is 5. The van der Waals surface area contributed by atoms with E-state index >= 15 is 0 Å². The fourth-order valence-corrected chi connectivity index (χ4v) is 5.99. The van der Waals surface area contributed by atoms with Crippen molar-refractivity contribution in [3.8, 4) is 0 Å². The number of hydrogen-bond acceptors (Lipinski definition) is 6. The fraction of sp³-hybridized carbons (Fsp3) is 0.585. The summed E-state index contributed by atoms with van der Waals surface area (Å²) in [5, 5.41) is 25.9. The van der Waals surface area contributed by atoms with E-state index in [1.807, 2.05) is 102 Å². The van der Waals surface area contributed by atoms with Crippen LogP contribution in [0.3, 0.4) is 0 Å². The van der Waals surface area contributed by atoms with Crippen LogP contribution in [0.2, 0.25) is 0 Å². The topological polar surface area (TPSA) is 166 Å². The Labute approximate surface area is 310 Å². The molecule has 0 aliphatic carbocycles. The average Bonchev–Trinajstić information content (AvgIpc) is 3.11. The van der Waals surface area contributed by atoms with Crippen LogP contribution in [0.25, 0.3) is 0 Å². The molecule has 0 bridgehead atoms. The molecule has 2 aromatic carbocycles. The molecule has 5 amide bonds. The van der Waals surface area contributed by atoms with Crippen molar-refractivity contribution in [3.63, 3.8) is 0 Å².